The highest BCUT2D eigenvalue weighted by Crippen LogP contribution is 2.07. The van der Waals surface area contributed by atoms with Gasteiger partial charge in [0.15, 0.2) is 0 Å². The fourth-order valence-electron chi connectivity index (χ4n) is 1.40. The predicted octanol–water partition coefficient (Wildman–Crippen LogP) is -2.10. The molecule has 0 saturated heterocycles. The number of nitrogens with two attached hydrogens (primary N) is 3. The molecule has 0 aliphatic rings. The van der Waals surface area contributed by atoms with Gasteiger partial charge in [-0.2, -0.15) is 4.98 Å². The van der Waals surface area contributed by atoms with Gasteiger partial charge in [-0.1, -0.05) is 12.1 Å². The van der Waals surface area contributed by atoms with Gasteiger partial charge in [0.25, 0.3) is 5.95 Å². The summed E-state index contributed by atoms with van der Waals surface area (Å²) in [6.45, 7) is 0. The molecule has 76 valence electrons. The average Bonchev–Trinajstić information content (AvgIpc) is 2.17. The van der Waals surface area contributed by atoms with E-state index in [1.807, 2.05) is 0 Å². The number of hydrogen-bond donors (Lipinski definition) is 3. The molecule has 0 atom stereocenters. The van der Waals surface area contributed by atoms with Crippen molar-refractivity contribution >= 4 is 22.8 Å². The first-order chi connectivity index (χ1) is 7.11. The lowest BCUT2D eigenvalue weighted by molar-refractivity contribution is -0.119. The maximum Gasteiger partial charge on any atom is 0.356 e. The second kappa shape index (κ2) is 3.09. The molecule has 1 aromatic carbocycles. The number of anilines is 1. The minimum atomic E-state index is -0.363. The molecule has 0 spiro atoms. The molecule has 2 rings (SSSR count). The van der Waals surface area contributed by atoms with Crippen molar-refractivity contribution in [3.05, 3.63) is 34.6 Å². The fourth-order valence-corrected chi connectivity index (χ4v) is 1.40. The molecule has 0 saturated carbocycles. The zero-order valence-corrected chi connectivity index (χ0v) is 7.84. The van der Waals surface area contributed by atoms with Gasteiger partial charge < -0.3 is 5.73 Å². The van der Waals surface area contributed by atoms with Crippen molar-refractivity contribution in [2.24, 2.45) is 5.73 Å². The van der Waals surface area contributed by atoms with Crippen LogP contribution in [-0.2, 0) is 0 Å². The van der Waals surface area contributed by atoms with Gasteiger partial charge in [0.1, 0.15) is 0 Å². The fraction of sp³-hybridized carbons (Fsp3) is 0. The molecule has 0 bridgehead atoms. The Hall–Kier alpha value is -2.37. The molecule has 1 heterocycles. The molecule has 0 fully saturated rings. The summed E-state index contributed by atoms with van der Waals surface area (Å²) in [5.41, 5.74) is 11.1. The number of fused-ring (bicyclic) bond motifs is 1. The van der Waals surface area contributed by atoms with E-state index in [1.165, 1.54) is 0 Å². The van der Waals surface area contributed by atoms with E-state index in [0.29, 0.717) is 10.9 Å². The summed E-state index contributed by atoms with van der Waals surface area (Å²) in [6.07, 6.45) is 0. The number of nitrogen functional groups attached to an aromatic ring is 1. The van der Waals surface area contributed by atoms with Crippen LogP contribution >= 0.6 is 0 Å². The Balaban J connectivity index is 2.97. The Kier molecular flexibility index (Phi) is 1.89. The van der Waals surface area contributed by atoms with Crippen molar-refractivity contribution in [3.8, 4) is 0 Å². The van der Waals surface area contributed by atoms with Gasteiger partial charge in [-0.05, 0) is 12.1 Å². The zero-order chi connectivity index (χ0) is 11.0. The highest BCUT2D eigenvalue weighted by atomic mass is 16.1. The molecule has 6 heteroatoms. The van der Waals surface area contributed by atoms with E-state index in [2.05, 4.69) is 4.98 Å². The lowest BCUT2D eigenvalue weighted by Crippen LogP contribution is -2.54. The summed E-state index contributed by atoms with van der Waals surface area (Å²) in [6, 6.07) is 6.85. The Morgan fingerprint density at radius 2 is 2.07 bits per heavy atom. The van der Waals surface area contributed by atoms with Crippen LogP contribution in [0.5, 0.6) is 0 Å². The van der Waals surface area contributed by atoms with E-state index >= 15 is 0 Å². The van der Waals surface area contributed by atoms with E-state index in [0.717, 1.165) is 4.57 Å². The standard InChI is InChI=1S/C9H9N5O/c10-8(11)14-7(15)5-3-1-2-4-6(5)13-9(14)12/h1-4H,(H3,10,11)(H2,12,13)/p+1. The van der Waals surface area contributed by atoms with E-state index in [9.17, 15) is 4.79 Å². The highest BCUT2D eigenvalue weighted by Gasteiger charge is 2.15. The van der Waals surface area contributed by atoms with Gasteiger partial charge in [0.05, 0.1) is 10.9 Å². The van der Waals surface area contributed by atoms with Crippen LogP contribution in [0.25, 0.3) is 10.9 Å². The SMILES string of the molecule is NC(=[NH2+])n1c(N)nc2ccccc2c1=O. The molecule has 0 aliphatic heterocycles. The molecule has 2 aromatic rings. The zero-order valence-electron chi connectivity index (χ0n) is 7.84. The second-order valence-corrected chi connectivity index (χ2v) is 3.05. The van der Waals surface area contributed by atoms with Crippen molar-refractivity contribution in [3.63, 3.8) is 0 Å². The molecular weight excluding hydrogens is 194 g/mol. The predicted molar refractivity (Wildman–Crippen MR) is 56.9 cm³/mol. The summed E-state index contributed by atoms with van der Waals surface area (Å²) >= 11 is 0. The molecule has 0 radical (unpaired) electrons. The summed E-state index contributed by atoms with van der Waals surface area (Å²) < 4.78 is 0.975. The largest absolute Gasteiger partial charge is 0.356 e. The molecule has 0 aliphatic carbocycles. The van der Waals surface area contributed by atoms with Gasteiger partial charge in [0, 0.05) is 0 Å². The maximum atomic E-state index is 11.9. The molecule has 6 N–H and O–H groups in total. The average molecular weight is 204 g/mol. The third-order valence-corrected chi connectivity index (χ3v) is 2.06. The van der Waals surface area contributed by atoms with Crippen LogP contribution in [0.15, 0.2) is 29.1 Å². The quantitative estimate of drug-likeness (QED) is 0.337. The Bertz CT molecular complexity index is 601. The lowest BCUT2D eigenvalue weighted by Gasteiger charge is -2.01. The minimum Gasteiger partial charge on any atom is -0.356 e. The van der Waals surface area contributed by atoms with E-state index < -0.39 is 0 Å². The summed E-state index contributed by atoms with van der Waals surface area (Å²) in [5, 5.41) is 5.77. The molecule has 0 amide bonds. The van der Waals surface area contributed by atoms with Gasteiger partial charge in [-0.25, -0.2) is 4.79 Å². The number of rotatable bonds is 0. The van der Waals surface area contributed by atoms with Crippen molar-refractivity contribution in [2.45, 2.75) is 0 Å². The smallest absolute Gasteiger partial charge is 0.356 e. The Morgan fingerprint density at radius 1 is 1.40 bits per heavy atom. The number of nitrogens with zero attached hydrogens (tertiary/aromatic N) is 2. The molecule has 6 nitrogen and oxygen atoms in total. The van der Waals surface area contributed by atoms with E-state index in [4.69, 9.17) is 16.9 Å². The van der Waals surface area contributed by atoms with Crippen LogP contribution in [0.4, 0.5) is 5.95 Å². The van der Waals surface area contributed by atoms with E-state index in [-0.39, 0.29) is 17.5 Å². The van der Waals surface area contributed by atoms with Crippen molar-refractivity contribution in [2.75, 3.05) is 5.73 Å². The lowest BCUT2D eigenvalue weighted by atomic mass is 10.2. The summed E-state index contributed by atoms with van der Waals surface area (Å²) in [7, 11) is 0. The maximum absolute atomic E-state index is 11.9. The summed E-state index contributed by atoms with van der Waals surface area (Å²) in [4.78, 5) is 15.9. The Labute approximate surface area is 84.7 Å². The van der Waals surface area contributed by atoms with Gasteiger partial charge in [0.2, 0.25) is 0 Å². The third kappa shape index (κ3) is 1.32. The first kappa shape index (κ1) is 9.20. The monoisotopic (exact) mass is 204 g/mol. The van der Waals surface area contributed by atoms with Gasteiger partial charge in [-0.15, -0.1) is 4.57 Å². The third-order valence-electron chi connectivity index (χ3n) is 2.06. The first-order valence-corrected chi connectivity index (χ1v) is 4.27. The molecule has 0 unspecified atom stereocenters. The number of para-hydroxylation sites is 1. The summed E-state index contributed by atoms with van der Waals surface area (Å²) in [5.74, 6) is -0.200. The topological polar surface area (TPSA) is 113 Å². The van der Waals surface area contributed by atoms with Crippen molar-refractivity contribution < 1.29 is 5.41 Å². The number of aromatic nitrogens is 2. The van der Waals surface area contributed by atoms with Crippen LogP contribution < -0.4 is 22.4 Å². The van der Waals surface area contributed by atoms with Crippen LogP contribution in [-0.4, -0.2) is 15.5 Å². The van der Waals surface area contributed by atoms with Crippen LogP contribution in [0.2, 0.25) is 0 Å². The molecule has 15 heavy (non-hydrogen) atoms. The van der Waals surface area contributed by atoms with E-state index in [1.54, 1.807) is 24.3 Å². The van der Waals surface area contributed by atoms with Crippen LogP contribution in [0.1, 0.15) is 0 Å². The van der Waals surface area contributed by atoms with Gasteiger partial charge in [-0.3, -0.25) is 11.1 Å². The highest BCUT2D eigenvalue weighted by molar-refractivity contribution is 5.84. The second-order valence-electron chi connectivity index (χ2n) is 3.05. The first-order valence-electron chi connectivity index (χ1n) is 4.27. The van der Waals surface area contributed by atoms with Crippen LogP contribution in [0.3, 0.4) is 0 Å². The molecule has 1 aromatic heterocycles. The number of hydrogen-bond acceptors (Lipinski definition) is 3. The normalized spacial score (nSPS) is 10.4. The molecular formula is C9H10N5O+. The number of benzene rings is 1. The minimum absolute atomic E-state index is 0.0151. The Morgan fingerprint density at radius 3 is 2.73 bits per heavy atom. The van der Waals surface area contributed by atoms with Crippen molar-refractivity contribution in [1.82, 2.24) is 9.55 Å². The van der Waals surface area contributed by atoms with Crippen molar-refractivity contribution in [1.29, 1.82) is 0 Å². The van der Waals surface area contributed by atoms with Crippen LogP contribution in [0, 0.1) is 0 Å². The van der Waals surface area contributed by atoms with Gasteiger partial charge >= 0.3 is 11.5 Å².